The fraction of sp³-hybridized carbons (Fsp3) is 0.467. The quantitative estimate of drug-likeness (QED) is 0.377. The minimum absolute atomic E-state index is 0.435. The average Bonchev–Trinajstić information content (AvgIpc) is 2.49. The molecule has 116 valence electrons. The minimum Gasteiger partial charge on any atom is -0.493 e. The van der Waals surface area contributed by atoms with Crippen LogP contribution in [-0.2, 0) is 4.74 Å². The topological polar surface area (TPSA) is 70.8 Å². The van der Waals surface area contributed by atoms with Crippen LogP contribution in [-0.4, -0.2) is 31.9 Å². The molecule has 0 saturated carbocycles. The first-order valence-electron chi connectivity index (χ1n) is 6.87. The van der Waals surface area contributed by atoms with E-state index in [4.69, 9.17) is 14.2 Å². The zero-order valence-corrected chi connectivity index (χ0v) is 12.4. The smallest absolute Gasteiger partial charge is 0.235 e. The summed E-state index contributed by atoms with van der Waals surface area (Å²) in [5, 5.41) is 10.3. The number of rotatable bonds is 10. The van der Waals surface area contributed by atoms with Crippen molar-refractivity contribution in [2.45, 2.75) is 19.8 Å². The largest absolute Gasteiger partial charge is 0.493 e. The second-order valence-electron chi connectivity index (χ2n) is 4.33. The number of hydrogen-bond acceptors (Lipinski definition) is 5. The average molecular weight is 295 g/mol. The molecule has 0 N–H and O–H groups in total. The van der Waals surface area contributed by atoms with E-state index >= 15 is 0 Å². The third kappa shape index (κ3) is 6.76. The van der Waals surface area contributed by atoms with Crippen LogP contribution in [0.4, 0.5) is 0 Å². The van der Waals surface area contributed by atoms with Crippen molar-refractivity contribution in [2.24, 2.45) is 0 Å². The van der Waals surface area contributed by atoms with E-state index in [0.29, 0.717) is 30.3 Å². The van der Waals surface area contributed by atoms with E-state index in [0.717, 1.165) is 25.6 Å². The van der Waals surface area contributed by atoms with Gasteiger partial charge in [0.05, 0.1) is 18.6 Å². The molecule has 0 atom stereocenters. The molecule has 1 rings (SSSR count). The number of nitrogens with zero attached hydrogens (tertiary/aromatic N) is 1. The summed E-state index contributed by atoms with van der Waals surface area (Å²) in [7, 11) is 1.53. The highest BCUT2D eigenvalue weighted by atomic mass is 16.6. The van der Waals surface area contributed by atoms with Crippen molar-refractivity contribution in [1.82, 2.24) is 0 Å². The second-order valence-corrected chi connectivity index (χ2v) is 4.33. The van der Waals surface area contributed by atoms with E-state index in [1.165, 1.54) is 13.2 Å². The number of ether oxygens (including phenoxy) is 3. The Morgan fingerprint density at radius 3 is 2.71 bits per heavy atom. The molecule has 6 heteroatoms. The maximum Gasteiger partial charge on any atom is 0.235 e. The molecule has 6 nitrogen and oxygen atoms in total. The van der Waals surface area contributed by atoms with E-state index in [-0.39, 0.29) is 0 Å². The number of nitro groups is 1. The molecule has 0 heterocycles. The van der Waals surface area contributed by atoms with E-state index < -0.39 is 4.92 Å². The Morgan fingerprint density at radius 2 is 2.05 bits per heavy atom. The second kappa shape index (κ2) is 9.77. The predicted octanol–water partition coefficient (Wildman–Crippen LogP) is 3.14. The van der Waals surface area contributed by atoms with Crippen LogP contribution < -0.4 is 9.47 Å². The first-order chi connectivity index (χ1) is 10.2. The van der Waals surface area contributed by atoms with Gasteiger partial charge in [-0.1, -0.05) is 19.4 Å². The molecule has 0 saturated heterocycles. The van der Waals surface area contributed by atoms with Crippen LogP contribution in [0.1, 0.15) is 25.3 Å². The summed E-state index contributed by atoms with van der Waals surface area (Å²) >= 11 is 0. The Balaban J connectivity index is 2.52. The van der Waals surface area contributed by atoms with Gasteiger partial charge in [-0.3, -0.25) is 10.1 Å². The summed E-state index contributed by atoms with van der Waals surface area (Å²) in [6, 6.07) is 5.15. The van der Waals surface area contributed by atoms with Gasteiger partial charge < -0.3 is 14.2 Å². The number of benzene rings is 1. The molecule has 0 aliphatic rings. The van der Waals surface area contributed by atoms with Gasteiger partial charge in [0.2, 0.25) is 6.20 Å². The lowest BCUT2D eigenvalue weighted by Crippen LogP contribution is -2.08. The van der Waals surface area contributed by atoms with Gasteiger partial charge in [-0.05, 0) is 24.1 Å². The molecule has 0 spiro atoms. The van der Waals surface area contributed by atoms with Crippen LogP contribution in [0, 0.1) is 10.1 Å². The molecular weight excluding hydrogens is 274 g/mol. The van der Waals surface area contributed by atoms with Crippen molar-refractivity contribution >= 4 is 6.08 Å². The fourth-order valence-corrected chi connectivity index (χ4v) is 1.61. The molecule has 0 aliphatic carbocycles. The maximum absolute atomic E-state index is 10.3. The van der Waals surface area contributed by atoms with Gasteiger partial charge >= 0.3 is 0 Å². The van der Waals surface area contributed by atoms with Crippen LogP contribution >= 0.6 is 0 Å². The number of methoxy groups -OCH3 is 1. The van der Waals surface area contributed by atoms with Crippen molar-refractivity contribution in [2.75, 3.05) is 26.9 Å². The Bertz CT molecular complexity index is 473. The van der Waals surface area contributed by atoms with Gasteiger partial charge in [0.15, 0.2) is 11.5 Å². The minimum atomic E-state index is -0.509. The van der Waals surface area contributed by atoms with Gasteiger partial charge in [-0.2, -0.15) is 0 Å². The van der Waals surface area contributed by atoms with E-state index in [1.54, 1.807) is 18.2 Å². The highest BCUT2D eigenvalue weighted by molar-refractivity contribution is 5.55. The van der Waals surface area contributed by atoms with Gasteiger partial charge in [0, 0.05) is 12.7 Å². The van der Waals surface area contributed by atoms with Crippen molar-refractivity contribution in [3.05, 3.63) is 40.1 Å². The zero-order valence-electron chi connectivity index (χ0n) is 12.4. The molecular formula is C15H21NO5. The Kier molecular flexibility index (Phi) is 7.89. The zero-order chi connectivity index (χ0) is 15.5. The Labute approximate surface area is 124 Å². The molecule has 0 bridgehead atoms. The molecule has 1 aromatic carbocycles. The molecule has 0 fully saturated rings. The van der Waals surface area contributed by atoms with Crippen LogP contribution in [0.25, 0.3) is 6.08 Å². The SMILES string of the molecule is CCCCOCCOc1ccc(/C=C/[N+](=O)[O-])cc1OC. The molecule has 0 unspecified atom stereocenters. The van der Waals surface area contributed by atoms with Gasteiger partial charge in [0.1, 0.15) is 6.61 Å². The summed E-state index contributed by atoms with van der Waals surface area (Å²) in [5.74, 6) is 1.13. The van der Waals surface area contributed by atoms with Gasteiger partial charge in [0.25, 0.3) is 0 Å². The monoisotopic (exact) mass is 295 g/mol. The molecule has 21 heavy (non-hydrogen) atoms. The summed E-state index contributed by atoms with van der Waals surface area (Å²) in [4.78, 5) is 9.78. The van der Waals surface area contributed by atoms with Crippen molar-refractivity contribution in [1.29, 1.82) is 0 Å². The lowest BCUT2D eigenvalue weighted by molar-refractivity contribution is -0.400. The van der Waals surface area contributed by atoms with Gasteiger partial charge in [-0.15, -0.1) is 0 Å². The maximum atomic E-state index is 10.3. The third-order valence-electron chi connectivity index (χ3n) is 2.70. The molecule has 0 aromatic heterocycles. The summed E-state index contributed by atoms with van der Waals surface area (Å²) in [6.45, 7) is 3.80. The third-order valence-corrected chi connectivity index (χ3v) is 2.70. The van der Waals surface area contributed by atoms with E-state index in [2.05, 4.69) is 6.92 Å². The van der Waals surface area contributed by atoms with E-state index in [1.807, 2.05) is 0 Å². The fourth-order valence-electron chi connectivity index (χ4n) is 1.61. The van der Waals surface area contributed by atoms with Crippen LogP contribution in [0.15, 0.2) is 24.4 Å². The molecule has 0 aliphatic heterocycles. The van der Waals surface area contributed by atoms with Gasteiger partial charge in [-0.25, -0.2) is 0 Å². The lowest BCUT2D eigenvalue weighted by Gasteiger charge is -2.11. The van der Waals surface area contributed by atoms with Crippen molar-refractivity contribution < 1.29 is 19.1 Å². The standard InChI is InChI=1S/C15H21NO5/c1-3-4-9-20-10-11-21-14-6-5-13(7-8-16(17)18)12-15(14)19-2/h5-8,12H,3-4,9-11H2,1-2H3/b8-7+. The van der Waals surface area contributed by atoms with Crippen LogP contribution in [0.5, 0.6) is 11.5 Å². The number of unbranched alkanes of at least 4 members (excludes halogenated alkanes) is 1. The predicted molar refractivity (Wildman–Crippen MR) is 80.2 cm³/mol. The first-order valence-corrected chi connectivity index (χ1v) is 6.87. The first kappa shape index (κ1) is 17.0. The van der Waals surface area contributed by atoms with Crippen LogP contribution in [0.3, 0.4) is 0 Å². The van der Waals surface area contributed by atoms with Crippen LogP contribution in [0.2, 0.25) is 0 Å². The summed E-state index contributed by atoms with van der Waals surface area (Å²) in [6.07, 6.45) is 4.44. The normalized spacial score (nSPS) is 10.8. The summed E-state index contributed by atoms with van der Waals surface area (Å²) < 4.78 is 16.2. The Morgan fingerprint density at radius 1 is 1.24 bits per heavy atom. The molecule has 0 amide bonds. The highest BCUT2D eigenvalue weighted by Crippen LogP contribution is 2.28. The molecule has 1 aromatic rings. The van der Waals surface area contributed by atoms with E-state index in [9.17, 15) is 10.1 Å². The molecule has 0 radical (unpaired) electrons. The lowest BCUT2D eigenvalue weighted by atomic mass is 10.2. The van der Waals surface area contributed by atoms with Crippen molar-refractivity contribution in [3.63, 3.8) is 0 Å². The highest BCUT2D eigenvalue weighted by Gasteiger charge is 2.05. The number of hydrogen-bond donors (Lipinski definition) is 0. The van der Waals surface area contributed by atoms with Crippen molar-refractivity contribution in [3.8, 4) is 11.5 Å². The summed E-state index contributed by atoms with van der Waals surface area (Å²) in [5.41, 5.74) is 0.676. The Hall–Kier alpha value is -2.08.